The molecule has 7 heteroatoms. The zero-order valence-electron chi connectivity index (χ0n) is 15.7. The van der Waals surface area contributed by atoms with E-state index in [0.29, 0.717) is 10.8 Å². The first kappa shape index (κ1) is 18.1. The third kappa shape index (κ3) is 3.68. The molecule has 0 atom stereocenters. The van der Waals surface area contributed by atoms with Crippen molar-refractivity contribution in [2.24, 2.45) is 0 Å². The summed E-state index contributed by atoms with van der Waals surface area (Å²) in [5, 5.41) is 9.32. The summed E-state index contributed by atoms with van der Waals surface area (Å²) < 4.78 is 7.63. The normalized spacial score (nSPS) is 10.8. The van der Waals surface area contributed by atoms with Gasteiger partial charge in [-0.25, -0.2) is 14.6 Å². The summed E-state index contributed by atoms with van der Waals surface area (Å²) in [6.45, 7) is 0. The molecular formula is C23H16ClN5O. The van der Waals surface area contributed by atoms with Crippen molar-refractivity contribution in [3.8, 4) is 17.2 Å². The summed E-state index contributed by atoms with van der Waals surface area (Å²) in [5.41, 5.74) is 2.56. The van der Waals surface area contributed by atoms with Crippen LogP contribution < -0.4 is 10.1 Å². The molecule has 0 aliphatic carbocycles. The SMILES string of the molecule is Clc1ccc(Oc2ccc(Nc3ncnc4c3cnn4-c3ccccc3)cc2)cc1. The topological polar surface area (TPSA) is 64.9 Å². The van der Waals surface area contributed by atoms with E-state index in [-0.39, 0.29) is 0 Å². The fourth-order valence-electron chi connectivity index (χ4n) is 3.08. The summed E-state index contributed by atoms with van der Waals surface area (Å²) in [7, 11) is 0. The number of ether oxygens (including phenoxy) is 1. The molecule has 0 spiro atoms. The molecule has 3 aromatic carbocycles. The largest absolute Gasteiger partial charge is 0.457 e. The molecule has 1 N–H and O–H groups in total. The van der Waals surface area contributed by atoms with Crippen molar-refractivity contribution in [1.29, 1.82) is 0 Å². The molecule has 0 unspecified atom stereocenters. The zero-order valence-corrected chi connectivity index (χ0v) is 16.5. The van der Waals surface area contributed by atoms with Crippen LogP contribution in [-0.4, -0.2) is 19.7 Å². The molecule has 0 radical (unpaired) electrons. The Morgan fingerprint density at radius 2 is 1.50 bits per heavy atom. The summed E-state index contributed by atoms with van der Waals surface area (Å²) in [6, 6.07) is 24.8. The van der Waals surface area contributed by atoms with E-state index >= 15 is 0 Å². The van der Waals surface area contributed by atoms with Crippen molar-refractivity contribution in [3.63, 3.8) is 0 Å². The lowest BCUT2D eigenvalue weighted by Crippen LogP contribution is -1.99. The smallest absolute Gasteiger partial charge is 0.168 e. The van der Waals surface area contributed by atoms with E-state index in [9.17, 15) is 0 Å². The number of hydrogen-bond donors (Lipinski definition) is 1. The number of anilines is 2. The third-order valence-corrected chi connectivity index (χ3v) is 4.78. The molecule has 0 saturated carbocycles. The van der Waals surface area contributed by atoms with E-state index in [2.05, 4.69) is 20.4 Å². The van der Waals surface area contributed by atoms with E-state index in [1.54, 1.807) is 23.0 Å². The monoisotopic (exact) mass is 413 g/mol. The maximum atomic E-state index is 5.91. The average Bonchev–Trinajstić information content (AvgIpc) is 3.23. The van der Waals surface area contributed by atoms with E-state index in [1.807, 2.05) is 66.7 Å². The van der Waals surface area contributed by atoms with Gasteiger partial charge in [0, 0.05) is 10.7 Å². The highest BCUT2D eigenvalue weighted by Gasteiger charge is 2.11. The van der Waals surface area contributed by atoms with E-state index in [4.69, 9.17) is 16.3 Å². The first-order valence-electron chi connectivity index (χ1n) is 9.31. The Labute approximate surface area is 177 Å². The number of fused-ring (bicyclic) bond motifs is 1. The Hall–Kier alpha value is -3.90. The van der Waals surface area contributed by atoms with Crippen LogP contribution in [0.2, 0.25) is 5.02 Å². The van der Waals surface area contributed by atoms with Crippen molar-refractivity contribution in [3.05, 3.63) is 96.4 Å². The molecule has 0 aliphatic heterocycles. The Morgan fingerprint density at radius 1 is 0.800 bits per heavy atom. The minimum absolute atomic E-state index is 0.675. The summed E-state index contributed by atoms with van der Waals surface area (Å²) in [5.74, 6) is 2.15. The molecule has 0 saturated heterocycles. The van der Waals surface area contributed by atoms with Crippen molar-refractivity contribution < 1.29 is 4.74 Å². The third-order valence-electron chi connectivity index (χ3n) is 4.53. The van der Waals surface area contributed by atoms with Gasteiger partial charge in [0.2, 0.25) is 0 Å². The molecule has 0 bridgehead atoms. The number of benzene rings is 3. The van der Waals surface area contributed by atoms with Crippen LogP contribution in [0.5, 0.6) is 11.5 Å². The van der Waals surface area contributed by atoms with Gasteiger partial charge in [-0.2, -0.15) is 5.10 Å². The van der Waals surface area contributed by atoms with Crippen LogP contribution in [0.15, 0.2) is 91.4 Å². The van der Waals surface area contributed by atoms with Crippen molar-refractivity contribution >= 4 is 34.1 Å². The molecule has 2 heterocycles. The first-order valence-corrected chi connectivity index (χ1v) is 9.69. The average molecular weight is 414 g/mol. The van der Waals surface area contributed by atoms with Gasteiger partial charge in [-0.15, -0.1) is 0 Å². The first-order chi connectivity index (χ1) is 14.8. The molecule has 30 heavy (non-hydrogen) atoms. The molecule has 146 valence electrons. The van der Waals surface area contributed by atoms with Gasteiger partial charge >= 0.3 is 0 Å². The molecular weight excluding hydrogens is 398 g/mol. The molecule has 5 rings (SSSR count). The maximum Gasteiger partial charge on any atom is 0.168 e. The quantitative estimate of drug-likeness (QED) is 0.382. The van der Waals surface area contributed by atoms with Crippen LogP contribution in [0, 0.1) is 0 Å². The molecule has 0 aliphatic rings. The fourth-order valence-corrected chi connectivity index (χ4v) is 3.21. The van der Waals surface area contributed by atoms with Crippen molar-refractivity contribution in [1.82, 2.24) is 19.7 Å². The van der Waals surface area contributed by atoms with Crippen LogP contribution >= 0.6 is 11.6 Å². The van der Waals surface area contributed by atoms with Crippen LogP contribution in [0.3, 0.4) is 0 Å². The molecule has 0 fully saturated rings. The Kier molecular flexibility index (Phi) is 4.75. The lowest BCUT2D eigenvalue weighted by atomic mass is 10.3. The highest BCUT2D eigenvalue weighted by atomic mass is 35.5. The lowest BCUT2D eigenvalue weighted by Gasteiger charge is -2.09. The zero-order chi connectivity index (χ0) is 20.3. The van der Waals surface area contributed by atoms with Crippen molar-refractivity contribution in [2.45, 2.75) is 0 Å². The van der Waals surface area contributed by atoms with E-state index < -0.39 is 0 Å². The summed E-state index contributed by atoms with van der Waals surface area (Å²) in [6.07, 6.45) is 3.30. The number of nitrogens with zero attached hydrogens (tertiary/aromatic N) is 4. The second-order valence-corrected chi connectivity index (χ2v) is 6.99. The predicted molar refractivity (Wildman–Crippen MR) is 118 cm³/mol. The van der Waals surface area contributed by atoms with Gasteiger partial charge in [-0.05, 0) is 60.7 Å². The van der Waals surface area contributed by atoms with Gasteiger partial charge in [0.25, 0.3) is 0 Å². The van der Waals surface area contributed by atoms with Gasteiger partial charge in [-0.1, -0.05) is 29.8 Å². The summed E-state index contributed by atoms with van der Waals surface area (Å²) >= 11 is 5.91. The maximum absolute atomic E-state index is 5.91. The number of hydrogen-bond acceptors (Lipinski definition) is 5. The van der Waals surface area contributed by atoms with Crippen LogP contribution in [0.4, 0.5) is 11.5 Å². The van der Waals surface area contributed by atoms with Gasteiger partial charge in [0.15, 0.2) is 5.65 Å². The highest BCUT2D eigenvalue weighted by Crippen LogP contribution is 2.27. The van der Waals surface area contributed by atoms with Crippen LogP contribution in [-0.2, 0) is 0 Å². The Bertz CT molecular complexity index is 1290. The number of para-hydroxylation sites is 1. The van der Waals surface area contributed by atoms with Gasteiger partial charge < -0.3 is 10.1 Å². The Morgan fingerprint density at radius 3 is 2.23 bits per heavy atom. The number of halogens is 1. The highest BCUT2D eigenvalue weighted by molar-refractivity contribution is 6.30. The summed E-state index contributed by atoms with van der Waals surface area (Å²) in [4.78, 5) is 8.80. The van der Waals surface area contributed by atoms with Gasteiger partial charge in [0.05, 0.1) is 17.3 Å². The standard InChI is InChI=1S/C23H16ClN5O/c24-16-6-10-19(11-7-16)30-20-12-8-17(9-13-20)28-22-21-14-27-29(23(21)26-15-25-22)18-4-2-1-3-5-18/h1-15H,(H,25,26,28). The van der Waals surface area contributed by atoms with Crippen LogP contribution in [0.25, 0.3) is 16.7 Å². The van der Waals surface area contributed by atoms with E-state index in [0.717, 1.165) is 33.9 Å². The number of nitrogens with one attached hydrogen (secondary N) is 1. The van der Waals surface area contributed by atoms with Crippen molar-refractivity contribution in [2.75, 3.05) is 5.32 Å². The minimum Gasteiger partial charge on any atom is -0.457 e. The second-order valence-electron chi connectivity index (χ2n) is 6.56. The van der Waals surface area contributed by atoms with Gasteiger partial charge in [0.1, 0.15) is 23.6 Å². The van der Waals surface area contributed by atoms with E-state index in [1.165, 1.54) is 6.33 Å². The molecule has 0 amide bonds. The second kappa shape index (κ2) is 7.85. The van der Waals surface area contributed by atoms with Gasteiger partial charge in [-0.3, -0.25) is 0 Å². The lowest BCUT2D eigenvalue weighted by molar-refractivity contribution is 0.483. The molecule has 5 aromatic rings. The molecule has 6 nitrogen and oxygen atoms in total. The fraction of sp³-hybridized carbons (Fsp3) is 0. The molecule has 2 aromatic heterocycles. The Balaban J connectivity index is 1.38. The predicted octanol–water partition coefficient (Wildman–Crippen LogP) is 6.00. The number of aromatic nitrogens is 4. The van der Waals surface area contributed by atoms with Crippen LogP contribution in [0.1, 0.15) is 0 Å². The number of rotatable bonds is 5. The minimum atomic E-state index is 0.675.